The highest BCUT2D eigenvalue weighted by atomic mass is 32.2. The lowest BCUT2D eigenvalue weighted by molar-refractivity contribution is -0.137. The van der Waals surface area contributed by atoms with Crippen molar-refractivity contribution < 1.29 is 9.90 Å². The summed E-state index contributed by atoms with van der Waals surface area (Å²) < 4.78 is 0.500. The molecule has 1 saturated heterocycles. The minimum Gasteiger partial charge on any atom is -0.481 e. The second kappa shape index (κ2) is 3.52. The predicted molar refractivity (Wildman–Crippen MR) is 54.0 cm³/mol. The molecule has 2 nitrogen and oxygen atoms in total. The zero-order chi connectivity index (χ0) is 9.31. The van der Waals surface area contributed by atoms with E-state index in [2.05, 4.69) is 0 Å². The molecule has 2 aliphatic rings. The molecule has 0 aromatic carbocycles. The highest BCUT2D eigenvalue weighted by molar-refractivity contribution is 8.00. The van der Waals surface area contributed by atoms with Gasteiger partial charge in [0.2, 0.25) is 0 Å². The van der Waals surface area contributed by atoms with Crippen LogP contribution >= 0.6 is 11.8 Å². The van der Waals surface area contributed by atoms with Crippen LogP contribution in [0.1, 0.15) is 38.5 Å². The Bertz CT molecular complexity index is 209. The van der Waals surface area contributed by atoms with E-state index >= 15 is 0 Å². The Labute approximate surface area is 83.1 Å². The third-order valence-electron chi connectivity index (χ3n) is 3.26. The molecular weight excluding hydrogens is 184 g/mol. The molecule has 0 bridgehead atoms. The quantitative estimate of drug-likeness (QED) is 0.744. The van der Waals surface area contributed by atoms with Crippen LogP contribution < -0.4 is 0 Å². The Kier molecular flexibility index (Phi) is 2.54. The molecule has 1 heterocycles. The summed E-state index contributed by atoms with van der Waals surface area (Å²) in [5.41, 5.74) is 0. The van der Waals surface area contributed by atoms with E-state index in [1.54, 1.807) is 0 Å². The van der Waals surface area contributed by atoms with Gasteiger partial charge in [0, 0.05) is 11.2 Å². The van der Waals surface area contributed by atoms with E-state index in [9.17, 15) is 4.79 Å². The van der Waals surface area contributed by atoms with Crippen molar-refractivity contribution in [2.24, 2.45) is 5.92 Å². The lowest BCUT2D eigenvalue weighted by atomic mass is 9.92. The highest BCUT2D eigenvalue weighted by Crippen LogP contribution is 2.52. The van der Waals surface area contributed by atoms with E-state index in [0.717, 1.165) is 12.2 Å². The molecule has 1 atom stereocenters. The third kappa shape index (κ3) is 2.01. The molecule has 1 unspecified atom stereocenters. The smallest absolute Gasteiger partial charge is 0.303 e. The van der Waals surface area contributed by atoms with Gasteiger partial charge in [0.15, 0.2) is 0 Å². The fourth-order valence-corrected chi connectivity index (χ4v) is 4.44. The van der Waals surface area contributed by atoms with Gasteiger partial charge >= 0.3 is 5.97 Å². The van der Waals surface area contributed by atoms with Gasteiger partial charge in [0.05, 0.1) is 0 Å². The van der Waals surface area contributed by atoms with Crippen molar-refractivity contribution in [3.8, 4) is 0 Å². The SMILES string of the molecule is O=C(O)CC1CSC2(CCCC2)C1. The molecule has 0 aromatic heterocycles. The largest absolute Gasteiger partial charge is 0.481 e. The van der Waals surface area contributed by atoms with Crippen LogP contribution in [0.15, 0.2) is 0 Å². The zero-order valence-electron chi connectivity index (χ0n) is 7.79. The summed E-state index contributed by atoms with van der Waals surface area (Å²) in [6.45, 7) is 0. The average molecular weight is 200 g/mol. The maximum Gasteiger partial charge on any atom is 0.303 e. The minimum absolute atomic E-state index is 0.384. The number of hydrogen-bond donors (Lipinski definition) is 1. The van der Waals surface area contributed by atoms with E-state index in [1.165, 1.54) is 25.7 Å². The van der Waals surface area contributed by atoms with Crippen molar-refractivity contribution in [2.45, 2.75) is 43.3 Å². The normalized spacial score (nSPS) is 31.2. The molecule has 0 amide bonds. The van der Waals surface area contributed by atoms with Crippen LogP contribution in [0.2, 0.25) is 0 Å². The van der Waals surface area contributed by atoms with E-state index in [-0.39, 0.29) is 0 Å². The second-order valence-electron chi connectivity index (χ2n) is 4.37. The van der Waals surface area contributed by atoms with Crippen molar-refractivity contribution in [1.29, 1.82) is 0 Å². The molecular formula is C10H16O2S. The second-order valence-corrected chi connectivity index (χ2v) is 5.86. The summed E-state index contributed by atoms with van der Waals surface area (Å²) in [5.74, 6) is 0.896. The van der Waals surface area contributed by atoms with Crippen LogP contribution in [-0.4, -0.2) is 21.6 Å². The number of carboxylic acids is 1. The van der Waals surface area contributed by atoms with Gasteiger partial charge in [-0.1, -0.05) is 12.8 Å². The summed E-state index contributed by atoms with van der Waals surface area (Å²) in [6, 6.07) is 0. The van der Waals surface area contributed by atoms with Gasteiger partial charge in [-0.05, 0) is 30.9 Å². The zero-order valence-corrected chi connectivity index (χ0v) is 8.61. The number of hydrogen-bond acceptors (Lipinski definition) is 2. The molecule has 1 N–H and O–H groups in total. The molecule has 1 saturated carbocycles. The minimum atomic E-state index is -0.624. The Morgan fingerprint density at radius 2 is 2.15 bits per heavy atom. The number of aliphatic carboxylic acids is 1. The van der Waals surface area contributed by atoms with Gasteiger partial charge in [0.25, 0.3) is 0 Å². The van der Waals surface area contributed by atoms with Crippen LogP contribution in [0, 0.1) is 5.92 Å². The Morgan fingerprint density at radius 1 is 1.46 bits per heavy atom. The van der Waals surface area contributed by atoms with Gasteiger partial charge in [-0.2, -0.15) is 11.8 Å². The van der Waals surface area contributed by atoms with Crippen molar-refractivity contribution >= 4 is 17.7 Å². The maximum absolute atomic E-state index is 10.5. The standard InChI is InChI=1S/C10H16O2S/c11-9(12)5-8-6-10(13-7-8)3-1-2-4-10/h8H,1-7H2,(H,11,12). The van der Waals surface area contributed by atoms with Crippen LogP contribution in [0.3, 0.4) is 0 Å². The van der Waals surface area contributed by atoms with Crippen LogP contribution in [0.25, 0.3) is 0 Å². The molecule has 2 rings (SSSR count). The van der Waals surface area contributed by atoms with Crippen molar-refractivity contribution in [1.82, 2.24) is 0 Å². The fraction of sp³-hybridized carbons (Fsp3) is 0.900. The summed E-state index contributed by atoms with van der Waals surface area (Å²) in [4.78, 5) is 10.5. The molecule has 13 heavy (non-hydrogen) atoms. The van der Waals surface area contributed by atoms with Crippen LogP contribution in [-0.2, 0) is 4.79 Å². The number of carbonyl (C=O) groups is 1. The lowest BCUT2D eigenvalue weighted by Gasteiger charge is -2.21. The van der Waals surface area contributed by atoms with Crippen molar-refractivity contribution in [3.63, 3.8) is 0 Å². The van der Waals surface area contributed by atoms with Crippen molar-refractivity contribution in [3.05, 3.63) is 0 Å². The molecule has 1 aliphatic carbocycles. The van der Waals surface area contributed by atoms with Crippen LogP contribution in [0.4, 0.5) is 0 Å². The van der Waals surface area contributed by atoms with Gasteiger partial charge in [-0.3, -0.25) is 4.79 Å². The number of carboxylic acid groups (broad SMARTS) is 1. The summed E-state index contributed by atoms with van der Waals surface area (Å²) >= 11 is 2.04. The van der Waals surface area contributed by atoms with E-state index in [0.29, 0.717) is 17.1 Å². The molecule has 74 valence electrons. The lowest BCUT2D eigenvalue weighted by Crippen LogP contribution is -2.17. The molecule has 0 radical (unpaired) electrons. The van der Waals surface area contributed by atoms with Gasteiger partial charge < -0.3 is 5.11 Å². The van der Waals surface area contributed by atoms with Gasteiger partial charge in [0.1, 0.15) is 0 Å². The predicted octanol–water partition coefficient (Wildman–Crippen LogP) is 2.53. The average Bonchev–Trinajstić information content (AvgIpc) is 2.63. The monoisotopic (exact) mass is 200 g/mol. The fourth-order valence-electron chi connectivity index (χ4n) is 2.68. The molecule has 1 aliphatic heterocycles. The van der Waals surface area contributed by atoms with Gasteiger partial charge in [-0.25, -0.2) is 0 Å². The topological polar surface area (TPSA) is 37.3 Å². The maximum atomic E-state index is 10.5. The first-order chi connectivity index (χ1) is 6.20. The molecule has 0 aromatic rings. The molecule has 2 fully saturated rings. The summed E-state index contributed by atoms with van der Waals surface area (Å²) in [6.07, 6.45) is 6.90. The van der Waals surface area contributed by atoms with Crippen LogP contribution in [0.5, 0.6) is 0 Å². The highest BCUT2D eigenvalue weighted by Gasteiger charge is 2.42. The van der Waals surface area contributed by atoms with Crippen molar-refractivity contribution in [2.75, 3.05) is 5.75 Å². The first kappa shape index (κ1) is 9.38. The first-order valence-corrected chi connectivity index (χ1v) is 6.05. The number of rotatable bonds is 2. The summed E-state index contributed by atoms with van der Waals surface area (Å²) in [5, 5.41) is 8.70. The third-order valence-corrected chi connectivity index (χ3v) is 5.09. The van der Waals surface area contributed by atoms with E-state index < -0.39 is 5.97 Å². The van der Waals surface area contributed by atoms with E-state index in [1.807, 2.05) is 11.8 Å². The Hall–Kier alpha value is -0.180. The van der Waals surface area contributed by atoms with E-state index in [4.69, 9.17) is 5.11 Å². The molecule has 1 spiro atoms. The Morgan fingerprint density at radius 3 is 2.77 bits per heavy atom. The molecule has 3 heteroatoms. The Balaban J connectivity index is 1.89. The first-order valence-electron chi connectivity index (χ1n) is 5.06. The van der Waals surface area contributed by atoms with Gasteiger partial charge in [-0.15, -0.1) is 0 Å². The summed E-state index contributed by atoms with van der Waals surface area (Å²) in [7, 11) is 0. The number of thioether (sulfide) groups is 1.